The molecule has 4 nitrogen and oxygen atoms in total. The maximum Gasteiger partial charge on any atom is 1.00 e. The van der Waals surface area contributed by atoms with E-state index in [0.717, 1.165) is 12.8 Å². The van der Waals surface area contributed by atoms with E-state index in [1.807, 2.05) is 0 Å². The molecule has 0 aliphatic rings. The van der Waals surface area contributed by atoms with E-state index in [-0.39, 0.29) is 58.0 Å². The molecule has 140 valence electrons. The van der Waals surface area contributed by atoms with Gasteiger partial charge in [-0.2, -0.15) is 0 Å². The van der Waals surface area contributed by atoms with Crippen LogP contribution in [-0.2, 0) is 14.6 Å². The van der Waals surface area contributed by atoms with Gasteiger partial charge in [0.05, 0.1) is 6.61 Å². The summed E-state index contributed by atoms with van der Waals surface area (Å²) in [5.74, 6) is 0. The zero-order chi connectivity index (χ0) is 17.2. The fourth-order valence-corrected chi connectivity index (χ4v) is 3.13. The fraction of sp³-hybridized carbons (Fsp3) is 1.00. The molecule has 0 aromatic rings. The molecule has 0 saturated carbocycles. The minimum Gasteiger partial charge on any atom is -0.726 e. The predicted octanol–water partition coefficient (Wildman–Crippen LogP) is 2.73. The monoisotopic (exact) mass is 388 g/mol. The van der Waals surface area contributed by atoms with Crippen molar-refractivity contribution in [2.75, 3.05) is 6.61 Å². The molecule has 0 spiro atoms. The summed E-state index contributed by atoms with van der Waals surface area (Å²) in [7, 11) is -4.49. The van der Waals surface area contributed by atoms with Gasteiger partial charge in [-0.1, -0.05) is 103 Å². The van der Waals surface area contributed by atoms with E-state index in [0.29, 0.717) is 6.42 Å². The van der Waals surface area contributed by atoms with Gasteiger partial charge in [0.15, 0.2) is 0 Å². The van der Waals surface area contributed by atoms with Crippen LogP contribution in [0, 0.1) is 0 Å². The van der Waals surface area contributed by atoms with Crippen LogP contribution >= 0.6 is 0 Å². The maximum absolute atomic E-state index is 10.2. The second-order valence-corrected chi connectivity index (χ2v) is 7.59. The number of rotatable bonds is 18. The Morgan fingerprint density at radius 1 is 0.625 bits per heavy atom. The first-order chi connectivity index (χ1) is 11.1. The number of unbranched alkanes of at least 4 members (excludes halogenated alkanes) is 15. The third kappa shape index (κ3) is 25.7. The second-order valence-electron chi connectivity index (χ2n) is 6.53. The first-order valence-corrected chi connectivity index (χ1v) is 11.0. The van der Waals surface area contributed by atoms with Crippen LogP contribution in [0.15, 0.2) is 0 Å². The summed E-state index contributed by atoms with van der Waals surface area (Å²) < 4.78 is 34.8. The van der Waals surface area contributed by atoms with Crippen molar-refractivity contribution in [1.82, 2.24) is 0 Å². The third-order valence-electron chi connectivity index (χ3n) is 4.23. The van der Waals surface area contributed by atoms with Crippen molar-refractivity contribution >= 4 is 10.4 Å². The molecule has 0 aliphatic heterocycles. The van der Waals surface area contributed by atoms with Crippen molar-refractivity contribution < 1.29 is 68.5 Å². The summed E-state index contributed by atoms with van der Waals surface area (Å²) >= 11 is 0. The van der Waals surface area contributed by atoms with Crippen molar-refractivity contribution in [3.05, 3.63) is 0 Å². The number of hydrogen-bond acceptors (Lipinski definition) is 4. The molecule has 0 aromatic heterocycles. The zero-order valence-electron chi connectivity index (χ0n) is 16.1. The molecule has 0 amide bonds. The molecule has 0 fully saturated rings. The van der Waals surface area contributed by atoms with Gasteiger partial charge in [0.1, 0.15) is 0 Å². The summed E-state index contributed by atoms with van der Waals surface area (Å²) in [4.78, 5) is 0. The van der Waals surface area contributed by atoms with Gasteiger partial charge in [0, 0.05) is 0 Å². The van der Waals surface area contributed by atoms with Crippen LogP contribution in [0.2, 0.25) is 0 Å². The largest absolute Gasteiger partial charge is 1.00 e. The Balaban J connectivity index is 0. The Morgan fingerprint density at radius 2 is 0.917 bits per heavy atom. The van der Waals surface area contributed by atoms with Crippen LogP contribution in [0.1, 0.15) is 110 Å². The molecule has 0 N–H and O–H groups in total. The van der Waals surface area contributed by atoms with Crippen LogP contribution < -0.4 is 51.4 Å². The fourth-order valence-electron chi connectivity index (χ4n) is 2.81. The van der Waals surface area contributed by atoms with Crippen molar-refractivity contribution in [1.29, 1.82) is 0 Å². The Kier molecular flexibility index (Phi) is 24.0. The van der Waals surface area contributed by atoms with Crippen molar-refractivity contribution in [3.8, 4) is 0 Å². The van der Waals surface area contributed by atoms with E-state index in [1.54, 1.807) is 0 Å². The molecule has 0 unspecified atom stereocenters. The molecule has 0 rings (SSSR count). The first-order valence-electron chi connectivity index (χ1n) is 9.66. The topological polar surface area (TPSA) is 66.4 Å². The van der Waals surface area contributed by atoms with Gasteiger partial charge in [0.25, 0.3) is 0 Å². The molecular weight excluding hydrogens is 351 g/mol. The number of hydrogen-bond donors (Lipinski definition) is 0. The molecular formula is C18H37KO4S. The van der Waals surface area contributed by atoms with E-state index < -0.39 is 10.4 Å². The molecule has 24 heavy (non-hydrogen) atoms. The van der Waals surface area contributed by atoms with E-state index in [4.69, 9.17) is 0 Å². The van der Waals surface area contributed by atoms with Gasteiger partial charge in [-0.15, -0.1) is 0 Å². The third-order valence-corrected chi connectivity index (χ3v) is 4.68. The van der Waals surface area contributed by atoms with E-state index in [1.165, 1.54) is 83.5 Å². The quantitative estimate of drug-likeness (QED) is 0.157. The molecule has 0 aliphatic carbocycles. The van der Waals surface area contributed by atoms with Crippen LogP contribution in [0.25, 0.3) is 0 Å². The van der Waals surface area contributed by atoms with E-state index >= 15 is 0 Å². The zero-order valence-corrected chi connectivity index (χ0v) is 20.0. The predicted molar refractivity (Wildman–Crippen MR) is 95.2 cm³/mol. The van der Waals surface area contributed by atoms with E-state index in [9.17, 15) is 13.0 Å². The maximum atomic E-state index is 10.2. The van der Waals surface area contributed by atoms with E-state index in [2.05, 4.69) is 11.1 Å². The summed E-state index contributed by atoms with van der Waals surface area (Å²) in [5.41, 5.74) is 0. The average molecular weight is 389 g/mol. The smallest absolute Gasteiger partial charge is 0.726 e. The van der Waals surface area contributed by atoms with Gasteiger partial charge in [-0.25, -0.2) is 8.42 Å². The van der Waals surface area contributed by atoms with Crippen molar-refractivity contribution in [2.45, 2.75) is 110 Å². The summed E-state index contributed by atoms with van der Waals surface area (Å²) in [6, 6.07) is 0. The van der Waals surface area contributed by atoms with Crippen LogP contribution in [-0.4, -0.2) is 19.6 Å². The van der Waals surface area contributed by atoms with Crippen molar-refractivity contribution in [2.24, 2.45) is 0 Å². The van der Waals surface area contributed by atoms with Crippen molar-refractivity contribution in [3.63, 3.8) is 0 Å². The molecule has 0 radical (unpaired) electrons. The Hall–Kier alpha value is 1.51. The van der Waals surface area contributed by atoms with Crippen LogP contribution in [0.5, 0.6) is 0 Å². The Labute approximate surface area is 193 Å². The standard InChI is InChI=1S/C18H38O4S.K/c1-2-3-4-5-6-7-8-9-10-11-12-13-14-15-16-17-18-22-23(19,20)21;/h2-18H2,1H3,(H,19,20,21);/q;+1/p-1. The van der Waals surface area contributed by atoms with Gasteiger partial charge >= 0.3 is 51.4 Å². The van der Waals surface area contributed by atoms with Crippen LogP contribution in [0.4, 0.5) is 0 Å². The SMILES string of the molecule is CCCCCCCCCCCCCCCCCCOS(=O)(=O)[O-].[K+]. The van der Waals surface area contributed by atoms with Crippen LogP contribution in [0.3, 0.4) is 0 Å². The van der Waals surface area contributed by atoms with Gasteiger partial charge in [-0.05, 0) is 6.42 Å². The van der Waals surface area contributed by atoms with Gasteiger partial charge < -0.3 is 4.55 Å². The molecule has 0 heterocycles. The molecule has 0 atom stereocenters. The minimum atomic E-state index is -4.49. The Morgan fingerprint density at radius 3 is 1.21 bits per heavy atom. The average Bonchev–Trinajstić information content (AvgIpc) is 2.49. The molecule has 0 saturated heterocycles. The summed E-state index contributed by atoms with van der Waals surface area (Å²) in [6.45, 7) is 2.29. The van der Waals surface area contributed by atoms with Gasteiger partial charge in [-0.3, -0.25) is 4.18 Å². The Bertz CT molecular complexity index is 334. The second kappa shape index (κ2) is 20.8. The molecule has 0 aromatic carbocycles. The molecule has 6 heteroatoms. The minimum absolute atomic E-state index is 0. The van der Waals surface area contributed by atoms with Gasteiger partial charge in [0.2, 0.25) is 10.4 Å². The normalized spacial score (nSPS) is 11.4. The molecule has 0 bridgehead atoms. The first kappa shape index (κ1) is 27.7. The summed E-state index contributed by atoms with van der Waals surface area (Å²) in [6.07, 6.45) is 20.3. The summed E-state index contributed by atoms with van der Waals surface area (Å²) in [5, 5.41) is 0.